The molecule has 65 heavy (non-hydrogen) atoms. The molecule has 12 aromatic rings. The lowest BCUT2D eigenvalue weighted by molar-refractivity contribution is 0.726. The van der Waals surface area contributed by atoms with Gasteiger partial charge in [-0.1, -0.05) is 194 Å². The Hall–Kier alpha value is -7.77. The number of nitrogens with zero attached hydrogens (tertiary/aromatic N) is 4. The average Bonchev–Trinajstić information content (AvgIpc) is 3.90. The molecule has 0 atom stereocenters. The van der Waals surface area contributed by atoms with E-state index in [1.807, 2.05) is 30.0 Å². The van der Waals surface area contributed by atoms with Crippen LogP contribution in [-0.2, 0) is 5.41 Å². The summed E-state index contributed by atoms with van der Waals surface area (Å²) in [6.07, 6.45) is 0. The number of pyridine rings is 1. The van der Waals surface area contributed by atoms with Crippen molar-refractivity contribution in [2.75, 3.05) is 0 Å². The molecule has 0 saturated heterocycles. The van der Waals surface area contributed by atoms with E-state index in [1.165, 1.54) is 64.0 Å². The highest BCUT2D eigenvalue weighted by Crippen LogP contribution is 2.63. The van der Waals surface area contributed by atoms with E-state index in [9.17, 15) is 0 Å². The van der Waals surface area contributed by atoms with E-state index in [4.69, 9.17) is 19.9 Å². The Morgan fingerprint density at radius 3 is 1.75 bits per heavy atom. The second-order valence-corrected chi connectivity index (χ2v) is 18.9. The van der Waals surface area contributed by atoms with Crippen molar-refractivity contribution in [1.29, 1.82) is 0 Å². The van der Waals surface area contributed by atoms with Crippen LogP contribution in [0.2, 0.25) is 0 Å². The standard InChI is InChI=1S/C59H34N4S2/c1-3-16-35(17-4-1)53-43-32-33-48-55(65-51-29-14-12-27-47(51)59(48)45-25-10-7-20-38(45)39-21-8-11-26-46(39)59)52(43)42-31-30-37(34-49(42)60-53)57-61-56(36-18-5-2-6-19-36)62-58(63-57)44-24-15-23-41-40-22-9-13-28-50(40)64-54(41)44/h1-34H. The van der Waals surface area contributed by atoms with Gasteiger partial charge in [-0.15, -0.1) is 11.3 Å². The summed E-state index contributed by atoms with van der Waals surface area (Å²) in [7, 11) is 0. The van der Waals surface area contributed by atoms with E-state index >= 15 is 0 Å². The predicted octanol–water partition coefficient (Wildman–Crippen LogP) is 15.4. The fraction of sp³-hybridized carbons (Fsp3) is 0.0169. The highest BCUT2D eigenvalue weighted by atomic mass is 32.2. The summed E-state index contributed by atoms with van der Waals surface area (Å²) in [6, 6.07) is 74.2. The summed E-state index contributed by atoms with van der Waals surface area (Å²) >= 11 is 3.67. The van der Waals surface area contributed by atoms with Crippen LogP contribution in [0.15, 0.2) is 216 Å². The van der Waals surface area contributed by atoms with E-state index in [0.29, 0.717) is 17.5 Å². The highest BCUT2D eigenvalue weighted by molar-refractivity contribution is 7.99. The van der Waals surface area contributed by atoms with Gasteiger partial charge >= 0.3 is 0 Å². The summed E-state index contributed by atoms with van der Waals surface area (Å²) < 4.78 is 2.41. The van der Waals surface area contributed by atoms with Crippen molar-refractivity contribution < 1.29 is 0 Å². The van der Waals surface area contributed by atoms with Gasteiger partial charge in [0, 0.05) is 68.4 Å². The molecule has 1 spiro atoms. The van der Waals surface area contributed by atoms with Crippen molar-refractivity contribution in [3.05, 3.63) is 229 Å². The van der Waals surface area contributed by atoms with Crippen LogP contribution in [0, 0.1) is 0 Å². The lowest BCUT2D eigenvalue weighted by Crippen LogP contribution is -2.32. The maximum atomic E-state index is 5.56. The number of thiophene rings is 1. The highest BCUT2D eigenvalue weighted by Gasteiger charge is 2.50. The molecule has 0 fully saturated rings. The number of rotatable bonds is 4. The molecule has 14 rings (SSSR count). The second-order valence-electron chi connectivity index (χ2n) is 16.8. The van der Waals surface area contributed by atoms with Crippen LogP contribution in [0.4, 0.5) is 0 Å². The van der Waals surface area contributed by atoms with Crippen molar-refractivity contribution >= 4 is 64.9 Å². The first-order chi connectivity index (χ1) is 32.2. The molecule has 0 bridgehead atoms. The van der Waals surface area contributed by atoms with E-state index in [-0.39, 0.29) is 0 Å². The monoisotopic (exact) mass is 862 g/mol. The van der Waals surface area contributed by atoms with Crippen molar-refractivity contribution in [2.24, 2.45) is 0 Å². The molecule has 9 aromatic carbocycles. The zero-order valence-corrected chi connectivity index (χ0v) is 36.4. The Labute approximate surface area is 383 Å². The number of benzene rings is 9. The van der Waals surface area contributed by atoms with Gasteiger partial charge < -0.3 is 0 Å². The zero-order chi connectivity index (χ0) is 42.6. The zero-order valence-electron chi connectivity index (χ0n) is 34.7. The molecule has 3 aromatic heterocycles. The van der Waals surface area contributed by atoms with E-state index < -0.39 is 5.41 Å². The fourth-order valence-electron chi connectivity index (χ4n) is 10.6. The van der Waals surface area contributed by atoms with Crippen LogP contribution < -0.4 is 0 Å². The molecule has 0 saturated carbocycles. The molecular weight excluding hydrogens is 829 g/mol. The average molecular weight is 863 g/mol. The van der Waals surface area contributed by atoms with Gasteiger partial charge in [0.2, 0.25) is 0 Å². The third kappa shape index (κ3) is 5.32. The van der Waals surface area contributed by atoms with Gasteiger partial charge in [0.05, 0.1) is 16.6 Å². The quantitative estimate of drug-likeness (QED) is 0.165. The second kappa shape index (κ2) is 14.1. The van der Waals surface area contributed by atoms with Crippen LogP contribution in [-0.4, -0.2) is 19.9 Å². The maximum absolute atomic E-state index is 5.56. The molecular formula is C59H34N4S2. The predicted molar refractivity (Wildman–Crippen MR) is 269 cm³/mol. The fourth-order valence-corrected chi connectivity index (χ4v) is 13.2. The van der Waals surface area contributed by atoms with E-state index in [0.717, 1.165) is 48.9 Å². The summed E-state index contributed by atoms with van der Waals surface area (Å²) in [5, 5.41) is 5.87. The minimum absolute atomic E-state index is 0.493. The first-order valence-corrected chi connectivity index (χ1v) is 23.5. The third-order valence-corrected chi connectivity index (χ3v) is 15.8. The molecule has 0 N–H and O–H groups in total. The molecule has 0 amide bonds. The van der Waals surface area contributed by atoms with Crippen LogP contribution in [0.25, 0.3) is 98.4 Å². The summed E-state index contributed by atoms with van der Waals surface area (Å²) in [6.45, 7) is 0. The number of fused-ring (bicyclic) bond motifs is 16. The van der Waals surface area contributed by atoms with Crippen LogP contribution in [0.1, 0.15) is 22.3 Å². The minimum Gasteiger partial charge on any atom is -0.247 e. The van der Waals surface area contributed by atoms with Crippen molar-refractivity contribution in [1.82, 2.24) is 19.9 Å². The summed E-state index contributed by atoms with van der Waals surface area (Å²) in [4.78, 5) is 23.8. The largest absolute Gasteiger partial charge is 0.247 e. The van der Waals surface area contributed by atoms with Gasteiger partial charge in [-0.2, -0.15) is 0 Å². The lowest BCUT2D eigenvalue weighted by Gasteiger charge is -2.40. The Kier molecular flexibility index (Phi) is 7.97. The van der Waals surface area contributed by atoms with E-state index in [1.54, 1.807) is 11.3 Å². The number of hydrogen-bond acceptors (Lipinski definition) is 6. The molecule has 1 aliphatic heterocycles. The molecule has 0 radical (unpaired) electrons. The number of aromatic nitrogens is 4. The van der Waals surface area contributed by atoms with Crippen LogP contribution in [0.3, 0.4) is 0 Å². The van der Waals surface area contributed by atoms with Crippen LogP contribution in [0.5, 0.6) is 0 Å². The minimum atomic E-state index is -0.493. The molecule has 4 heterocycles. The Balaban J connectivity index is 1.04. The normalized spacial score (nSPS) is 13.3. The summed E-state index contributed by atoms with van der Waals surface area (Å²) in [5.41, 5.74) is 13.1. The third-order valence-electron chi connectivity index (χ3n) is 13.4. The van der Waals surface area contributed by atoms with Gasteiger partial charge in [-0.05, 0) is 57.6 Å². The van der Waals surface area contributed by atoms with Gasteiger partial charge in [0.15, 0.2) is 17.5 Å². The van der Waals surface area contributed by atoms with Crippen molar-refractivity contribution in [3.8, 4) is 56.5 Å². The smallest absolute Gasteiger partial charge is 0.165 e. The van der Waals surface area contributed by atoms with Gasteiger partial charge in [0.25, 0.3) is 0 Å². The molecule has 2 aliphatic rings. The van der Waals surface area contributed by atoms with Gasteiger partial charge in [-0.3, -0.25) is 0 Å². The first kappa shape index (κ1) is 36.7. The molecule has 1 aliphatic carbocycles. The maximum Gasteiger partial charge on any atom is 0.165 e. The Bertz CT molecular complexity index is 3890. The topological polar surface area (TPSA) is 51.6 Å². The summed E-state index contributed by atoms with van der Waals surface area (Å²) in [5.74, 6) is 1.88. The molecule has 6 heteroatoms. The van der Waals surface area contributed by atoms with Crippen molar-refractivity contribution in [2.45, 2.75) is 15.2 Å². The van der Waals surface area contributed by atoms with Gasteiger partial charge in [-0.25, -0.2) is 19.9 Å². The van der Waals surface area contributed by atoms with Gasteiger partial charge in [0.1, 0.15) is 0 Å². The van der Waals surface area contributed by atoms with E-state index in [2.05, 4.69) is 188 Å². The molecule has 0 unspecified atom stereocenters. The first-order valence-electron chi connectivity index (χ1n) is 21.9. The molecule has 4 nitrogen and oxygen atoms in total. The molecule has 302 valence electrons. The van der Waals surface area contributed by atoms with Crippen molar-refractivity contribution in [3.63, 3.8) is 0 Å². The number of hydrogen-bond donors (Lipinski definition) is 0. The van der Waals surface area contributed by atoms with Crippen LogP contribution >= 0.6 is 23.1 Å². The SMILES string of the molecule is c1ccc(-c2nc(-c3ccc4c(c3)nc(-c3ccccc3)c3ccc5c(c34)Sc3ccccc3C53c4ccccc4-c4ccccc43)nc(-c3cccc4c3sc3ccccc34)n2)cc1. The lowest BCUT2D eigenvalue weighted by atomic mass is 9.67. The Morgan fingerprint density at radius 2 is 0.969 bits per heavy atom. The Morgan fingerprint density at radius 1 is 0.369 bits per heavy atom.